The normalized spacial score (nSPS) is 9.80. The maximum atomic E-state index is 12.1. The number of halogens is 1. The van der Waals surface area contributed by atoms with Crippen molar-refractivity contribution in [3.8, 4) is 5.75 Å². The summed E-state index contributed by atoms with van der Waals surface area (Å²) in [5, 5.41) is 2.49. The van der Waals surface area contributed by atoms with Crippen LogP contribution >= 0.6 is 15.9 Å². The molecule has 0 saturated carbocycles. The molecule has 1 N–H and O–H groups in total. The zero-order valence-electron chi connectivity index (χ0n) is 11.3. The molecule has 0 radical (unpaired) electrons. The first-order valence-corrected chi connectivity index (χ1v) is 6.57. The van der Waals surface area contributed by atoms with Crippen LogP contribution in [0.15, 0.2) is 16.6 Å². The van der Waals surface area contributed by atoms with Crippen molar-refractivity contribution in [2.45, 2.75) is 13.8 Å². The number of carbonyl (C=O) groups excluding carboxylic acids is 3. The zero-order chi connectivity index (χ0) is 15.3. The first kappa shape index (κ1) is 16.2. The molecule has 0 spiro atoms. The number of ketones is 1. The van der Waals surface area contributed by atoms with Gasteiger partial charge in [0.2, 0.25) is 5.91 Å². The third kappa shape index (κ3) is 3.57. The van der Waals surface area contributed by atoms with Gasteiger partial charge in [-0.15, -0.1) is 0 Å². The van der Waals surface area contributed by atoms with Crippen molar-refractivity contribution in [2.75, 3.05) is 19.0 Å². The largest absolute Gasteiger partial charge is 0.495 e. The van der Waals surface area contributed by atoms with Gasteiger partial charge in [-0.2, -0.15) is 0 Å². The Kier molecular flexibility index (Phi) is 5.69. The number of anilines is 1. The smallest absolute Gasteiger partial charge is 0.379 e. The molecule has 108 valence electrons. The van der Waals surface area contributed by atoms with Crippen LogP contribution in [0.1, 0.15) is 24.2 Å². The fourth-order valence-electron chi connectivity index (χ4n) is 1.55. The van der Waals surface area contributed by atoms with Gasteiger partial charge in [-0.3, -0.25) is 9.59 Å². The number of hydrogen-bond donors (Lipinski definition) is 1. The average Bonchev–Trinajstić information content (AvgIpc) is 2.38. The van der Waals surface area contributed by atoms with Gasteiger partial charge in [0.05, 0.1) is 25.0 Å². The molecule has 0 atom stereocenters. The van der Waals surface area contributed by atoms with Gasteiger partial charge >= 0.3 is 5.97 Å². The van der Waals surface area contributed by atoms with E-state index >= 15 is 0 Å². The monoisotopic (exact) mass is 343 g/mol. The molecule has 6 nitrogen and oxygen atoms in total. The summed E-state index contributed by atoms with van der Waals surface area (Å²) in [5.74, 6) is -1.97. The lowest BCUT2D eigenvalue weighted by Gasteiger charge is -2.14. The number of rotatable bonds is 5. The predicted molar refractivity (Wildman–Crippen MR) is 76.0 cm³/mol. The Hall–Kier alpha value is -1.89. The van der Waals surface area contributed by atoms with Gasteiger partial charge in [0.15, 0.2) is 0 Å². The highest BCUT2D eigenvalue weighted by Crippen LogP contribution is 2.34. The average molecular weight is 344 g/mol. The van der Waals surface area contributed by atoms with Gasteiger partial charge in [0.1, 0.15) is 5.75 Å². The van der Waals surface area contributed by atoms with Crippen LogP contribution < -0.4 is 10.1 Å². The number of nitrogens with one attached hydrogen (secondary N) is 1. The Morgan fingerprint density at radius 2 is 1.95 bits per heavy atom. The highest BCUT2D eigenvalue weighted by Gasteiger charge is 2.26. The molecular weight excluding hydrogens is 330 g/mol. The standard InChI is InChI=1S/C13H14BrNO5/c1-4-20-13(18)12(17)10-8(14)5-6-9(19-3)11(10)15-7(2)16/h5-6H,4H2,1-3H3,(H,15,16). The predicted octanol–water partition coefficient (Wildman–Crippen LogP) is 2.16. The molecule has 0 aliphatic rings. The van der Waals surface area contributed by atoms with Crippen molar-refractivity contribution >= 4 is 39.3 Å². The maximum absolute atomic E-state index is 12.1. The molecule has 20 heavy (non-hydrogen) atoms. The summed E-state index contributed by atoms with van der Waals surface area (Å²) >= 11 is 3.18. The number of methoxy groups -OCH3 is 1. The van der Waals surface area contributed by atoms with E-state index in [2.05, 4.69) is 26.0 Å². The number of esters is 1. The first-order valence-electron chi connectivity index (χ1n) is 5.77. The number of hydrogen-bond acceptors (Lipinski definition) is 5. The summed E-state index contributed by atoms with van der Waals surface area (Å²) in [4.78, 5) is 35.0. The second-order valence-electron chi connectivity index (χ2n) is 3.73. The summed E-state index contributed by atoms with van der Waals surface area (Å²) in [6.45, 7) is 2.97. The molecule has 0 aromatic heterocycles. The fraction of sp³-hybridized carbons (Fsp3) is 0.308. The number of Topliss-reactive ketones (excluding diaryl/α,β-unsaturated/α-hetero) is 1. The second kappa shape index (κ2) is 7.04. The van der Waals surface area contributed by atoms with E-state index in [0.717, 1.165) is 0 Å². The molecule has 0 saturated heterocycles. The van der Waals surface area contributed by atoms with E-state index in [1.165, 1.54) is 14.0 Å². The molecular formula is C13H14BrNO5. The van der Waals surface area contributed by atoms with E-state index in [9.17, 15) is 14.4 Å². The molecule has 0 aliphatic carbocycles. The van der Waals surface area contributed by atoms with Crippen LogP contribution in [0, 0.1) is 0 Å². The minimum absolute atomic E-state index is 0.00185. The molecule has 0 unspecified atom stereocenters. The zero-order valence-corrected chi connectivity index (χ0v) is 12.9. The van der Waals surface area contributed by atoms with Crippen LogP contribution in [0.2, 0.25) is 0 Å². The molecule has 1 amide bonds. The van der Waals surface area contributed by atoms with Crippen molar-refractivity contribution in [1.82, 2.24) is 0 Å². The summed E-state index contributed by atoms with van der Waals surface area (Å²) in [6.07, 6.45) is 0. The highest BCUT2D eigenvalue weighted by molar-refractivity contribution is 9.10. The Bertz CT molecular complexity index is 556. The van der Waals surface area contributed by atoms with Gasteiger partial charge < -0.3 is 14.8 Å². The van der Waals surface area contributed by atoms with Crippen LogP contribution in [0.3, 0.4) is 0 Å². The molecule has 1 aromatic rings. The number of ether oxygens (including phenoxy) is 2. The van der Waals surface area contributed by atoms with Gasteiger partial charge in [0.25, 0.3) is 5.78 Å². The summed E-state index contributed by atoms with van der Waals surface area (Å²) < 4.78 is 10.1. The number of carbonyl (C=O) groups is 3. The van der Waals surface area contributed by atoms with Gasteiger partial charge in [0, 0.05) is 11.4 Å². The van der Waals surface area contributed by atoms with Crippen molar-refractivity contribution in [3.05, 3.63) is 22.2 Å². The van der Waals surface area contributed by atoms with E-state index in [4.69, 9.17) is 4.74 Å². The third-order valence-corrected chi connectivity index (χ3v) is 2.99. The van der Waals surface area contributed by atoms with Crippen LogP contribution in [0.5, 0.6) is 5.75 Å². The van der Waals surface area contributed by atoms with Crippen LogP contribution in [0.25, 0.3) is 0 Å². The summed E-state index contributed by atoms with van der Waals surface area (Å²) in [5.41, 5.74) is 0.130. The lowest BCUT2D eigenvalue weighted by atomic mass is 10.1. The second-order valence-corrected chi connectivity index (χ2v) is 4.58. The molecule has 0 aliphatic heterocycles. The van der Waals surface area contributed by atoms with Crippen molar-refractivity contribution < 1.29 is 23.9 Å². The van der Waals surface area contributed by atoms with Crippen molar-refractivity contribution in [1.29, 1.82) is 0 Å². The minimum atomic E-state index is -0.993. The first-order chi connectivity index (χ1) is 9.42. The quantitative estimate of drug-likeness (QED) is 0.503. The lowest BCUT2D eigenvalue weighted by Crippen LogP contribution is -2.21. The maximum Gasteiger partial charge on any atom is 0.379 e. The Morgan fingerprint density at radius 3 is 2.45 bits per heavy atom. The van der Waals surface area contributed by atoms with E-state index in [1.807, 2.05) is 0 Å². The Labute approximate surface area is 124 Å². The van der Waals surface area contributed by atoms with Crippen LogP contribution in [-0.4, -0.2) is 31.4 Å². The Morgan fingerprint density at radius 1 is 1.30 bits per heavy atom. The third-order valence-electron chi connectivity index (χ3n) is 2.33. The molecule has 1 rings (SSSR count). The van der Waals surface area contributed by atoms with Crippen LogP contribution in [-0.2, 0) is 14.3 Å². The van der Waals surface area contributed by atoms with Crippen molar-refractivity contribution in [3.63, 3.8) is 0 Å². The summed E-state index contributed by atoms with van der Waals surface area (Å²) in [7, 11) is 1.40. The van der Waals surface area contributed by atoms with Crippen molar-refractivity contribution in [2.24, 2.45) is 0 Å². The highest BCUT2D eigenvalue weighted by atomic mass is 79.9. The van der Waals surface area contributed by atoms with E-state index in [1.54, 1.807) is 19.1 Å². The van der Waals surface area contributed by atoms with Gasteiger partial charge in [-0.25, -0.2) is 4.79 Å². The topological polar surface area (TPSA) is 81.7 Å². The summed E-state index contributed by atoms with van der Waals surface area (Å²) in [6, 6.07) is 3.12. The molecule has 0 fully saturated rings. The SMILES string of the molecule is CCOC(=O)C(=O)c1c(Br)ccc(OC)c1NC(C)=O. The number of benzene rings is 1. The molecule has 0 bridgehead atoms. The lowest BCUT2D eigenvalue weighted by molar-refractivity contribution is -0.137. The van der Waals surface area contributed by atoms with E-state index in [0.29, 0.717) is 4.47 Å². The Balaban J connectivity index is 3.38. The van der Waals surface area contributed by atoms with Gasteiger partial charge in [-0.1, -0.05) is 0 Å². The van der Waals surface area contributed by atoms with Crippen LogP contribution in [0.4, 0.5) is 5.69 Å². The molecule has 0 heterocycles. The van der Waals surface area contributed by atoms with Gasteiger partial charge in [-0.05, 0) is 35.0 Å². The fourth-order valence-corrected chi connectivity index (χ4v) is 2.06. The number of amides is 1. The van der Waals surface area contributed by atoms with E-state index in [-0.39, 0.29) is 29.5 Å². The molecule has 7 heteroatoms. The minimum Gasteiger partial charge on any atom is -0.495 e. The van der Waals surface area contributed by atoms with E-state index < -0.39 is 11.8 Å². The molecule has 1 aromatic carbocycles.